The first-order valence-corrected chi connectivity index (χ1v) is 6.56. The summed E-state index contributed by atoms with van der Waals surface area (Å²) in [5.74, 6) is 1.11. The molecule has 0 saturated heterocycles. The number of rotatable bonds is 7. The van der Waals surface area contributed by atoms with Gasteiger partial charge in [0.2, 0.25) is 0 Å². The molecule has 3 nitrogen and oxygen atoms in total. The molecule has 0 bridgehead atoms. The van der Waals surface area contributed by atoms with Gasteiger partial charge in [-0.2, -0.15) is 0 Å². The zero-order valence-electron chi connectivity index (χ0n) is 11.0. The maximum absolute atomic E-state index is 12.4. The zero-order chi connectivity index (χ0) is 13.0. The second-order valence-electron chi connectivity index (χ2n) is 4.70. The van der Waals surface area contributed by atoms with E-state index in [1.165, 1.54) is 0 Å². The summed E-state index contributed by atoms with van der Waals surface area (Å²) < 4.78 is 11.0. The van der Waals surface area contributed by atoms with E-state index in [1.807, 2.05) is 31.2 Å². The van der Waals surface area contributed by atoms with Crippen LogP contribution in [0.5, 0.6) is 5.75 Å². The molecule has 3 heteroatoms. The Morgan fingerprint density at radius 2 is 2.11 bits per heavy atom. The summed E-state index contributed by atoms with van der Waals surface area (Å²) >= 11 is 0. The van der Waals surface area contributed by atoms with Gasteiger partial charge >= 0.3 is 0 Å². The molecule has 1 fully saturated rings. The van der Waals surface area contributed by atoms with Crippen molar-refractivity contribution in [2.45, 2.75) is 32.3 Å². The molecule has 2 rings (SSSR count). The van der Waals surface area contributed by atoms with Crippen molar-refractivity contribution in [3.05, 3.63) is 29.8 Å². The molecule has 1 unspecified atom stereocenters. The lowest BCUT2D eigenvalue weighted by Crippen LogP contribution is -2.25. The molecular formula is C15H20O3. The number of methoxy groups -OCH3 is 1. The molecule has 1 atom stereocenters. The van der Waals surface area contributed by atoms with E-state index in [-0.39, 0.29) is 11.9 Å². The van der Waals surface area contributed by atoms with Crippen LogP contribution in [0.15, 0.2) is 24.3 Å². The summed E-state index contributed by atoms with van der Waals surface area (Å²) in [7, 11) is 1.61. The number of ether oxygens (including phenoxy) is 2. The van der Waals surface area contributed by atoms with E-state index >= 15 is 0 Å². The maximum atomic E-state index is 12.4. The zero-order valence-corrected chi connectivity index (χ0v) is 11.0. The van der Waals surface area contributed by atoms with Crippen molar-refractivity contribution in [3.63, 3.8) is 0 Å². The minimum atomic E-state index is -0.309. The minimum absolute atomic E-state index is 0.0479. The Hall–Kier alpha value is -1.35. The smallest absolute Gasteiger partial charge is 0.195 e. The van der Waals surface area contributed by atoms with E-state index in [9.17, 15) is 4.79 Å². The second-order valence-corrected chi connectivity index (χ2v) is 4.70. The van der Waals surface area contributed by atoms with Gasteiger partial charge in [0.1, 0.15) is 11.9 Å². The van der Waals surface area contributed by atoms with Crippen molar-refractivity contribution >= 4 is 5.78 Å². The van der Waals surface area contributed by atoms with Crippen molar-refractivity contribution in [2.24, 2.45) is 5.92 Å². The van der Waals surface area contributed by atoms with Crippen LogP contribution in [-0.2, 0) is 4.74 Å². The molecule has 1 aliphatic carbocycles. The lowest BCUT2D eigenvalue weighted by Gasteiger charge is -2.16. The van der Waals surface area contributed by atoms with Crippen LogP contribution in [0, 0.1) is 5.92 Å². The number of Topliss-reactive ketones (excluding diaryl/α,β-unsaturated/α-hetero) is 1. The first-order valence-electron chi connectivity index (χ1n) is 6.56. The highest BCUT2D eigenvalue weighted by atomic mass is 16.5. The van der Waals surface area contributed by atoms with E-state index < -0.39 is 0 Å². The first kappa shape index (κ1) is 13.1. The largest absolute Gasteiger partial charge is 0.493 e. The summed E-state index contributed by atoms with van der Waals surface area (Å²) in [6, 6.07) is 7.43. The van der Waals surface area contributed by atoms with Crippen LogP contribution in [-0.4, -0.2) is 25.6 Å². The Balaban J connectivity index is 2.17. The van der Waals surface area contributed by atoms with Gasteiger partial charge in [-0.3, -0.25) is 4.79 Å². The Morgan fingerprint density at radius 3 is 2.72 bits per heavy atom. The fraction of sp³-hybridized carbons (Fsp3) is 0.533. The molecule has 0 N–H and O–H groups in total. The van der Waals surface area contributed by atoms with Crippen molar-refractivity contribution in [1.29, 1.82) is 0 Å². The summed E-state index contributed by atoms with van der Waals surface area (Å²) in [6.45, 7) is 2.68. The highest BCUT2D eigenvalue weighted by Crippen LogP contribution is 2.36. The molecule has 0 aromatic heterocycles. The van der Waals surface area contributed by atoms with Crippen LogP contribution >= 0.6 is 0 Å². The predicted molar refractivity (Wildman–Crippen MR) is 70.1 cm³/mol. The number of carbonyl (C=O) groups excluding carboxylic acids is 1. The van der Waals surface area contributed by atoms with E-state index in [2.05, 4.69) is 0 Å². The quantitative estimate of drug-likeness (QED) is 0.696. The van der Waals surface area contributed by atoms with Gasteiger partial charge in [0.25, 0.3) is 0 Å². The summed E-state index contributed by atoms with van der Waals surface area (Å²) in [6.07, 6.45) is 2.79. The molecule has 18 heavy (non-hydrogen) atoms. The van der Waals surface area contributed by atoms with E-state index in [1.54, 1.807) is 7.11 Å². The monoisotopic (exact) mass is 248 g/mol. The van der Waals surface area contributed by atoms with Crippen molar-refractivity contribution < 1.29 is 14.3 Å². The highest BCUT2D eigenvalue weighted by molar-refractivity contribution is 6.02. The second kappa shape index (κ2) is 6.01. The Bertz CT molecular complexity index is 410. The molecule has 1 aromatic carbocycles. The number of ketones is 1. The van der Waals surface area contributed by atoms with Gasteiger partial charge in [-0.05, 0) is 37.3 Å². The van der Waals surface area contributed by atoms with Crippen molar-refractivity contribution in [1.82, 2.24) is 0 Å². The lowest BCUT2D eigenvalue weighted by molar-refractivity contribution is 0.0536. The van der Waals surface area contributed by atoms with Crippen LogP contribution in [0.3, 0.4) is 0 Å². The predicted octanol–water partition coefficient (Wildman–Crippen LogP) is 3.08. The fourth-order valence-corrected chi connectivity index (χ4v) is 2.07. The number of benzene rings is 1. The summed E-state index contributed by atoms with van der Waals surface area (Å²) in [4.78, 5) is 12.4. The average molecular weight is 248 g/mol. The molecule has 1 saturated carbocycles. The Labute approximate surface area is 108 Å². The van der Waals surface area contributed by atoms with E-state index in [4.69, 9.17) is 9.47 Å². The Morgan fingerprint density at radius 1 is 1.39 bits per heavy atom. The number of para-hydroxylation sites is 1. The van der Waals surface area contributed by atoms with E-state index in [0.29, 0.717) is 23.8 Å². The van der Waals surface area contributed by atoms with Crippen LogP contribution < -0.4 is 4.74 Å². The summed E-state index contributed by atoms with van der Waals surface area (Å²) in [5.41, 5.74) is 0.643. The third-order valence-electron chi connectivity index (χ3n) is 3.18. The standard InChI is InChI=1S/C15H20O3/c1-3-10-18-13-7-5-4-6-12(13)14(16)15(17-2)11-8-9-11/h4-7,11,15H,3,8-10H2,1-2H3. The van der Waals surface area contributed by atoms with Crippen molar-refractivity contribution in [3.8, 4) is 5.75 Å². The highest BCUT2D eigenvalue weighted by Gasteiger charge is 2.37. The fourth-order valence-electron chi connectivity index (χ4n) is 2.07. The average Bonchev–Trinajstić information content (AvgIpc) is 3.22. The SMILES string of the molecule is CCCOc1ccccc1C(=O)C(OC)C1CC1. The normalized spacial score (nSPS) is 16.3. The van der Waals surface area contributed by atoms with E-state index in [0.717, 1.165) is 19.3 Å². The molecule has 1 aromatic rings. The van der Waals surface area contributed by atoms with Gasteiger partial charge in [-0.1, -0.05) is 19.1 Å². The maximum Gasteiger partial charge on any atom is 0.195 e. The molecule has 0 spiro atoms. The van der Waals surface area contributed by atoms with Crippen LogP contribution in [0.2, 0.25) is 0 Å². The molecule has 0 aliphatic heterocycles. The molecule has 0 amide bonds. The van der Waals surface area contributed by atoms with Gasteiger partial charge in [0.15, 0.2) is 5.78 Å². The number of carbonyl (C=O) groups is 1. The molecule has 1 aliphatic rings. The Kier molecular flexibility index (Phi) is 4.37. The first-order chi connectivity index (χ1) is 8.77. The topological polar surface area (TPSA) is 35.5 Å². The summed E-state index contributed by atoms with van der Waals surface area (Å²) in [5, 5.41) is 0. The number of hydrogen-bond donors (Lipinski definition) is 0. The van der Waals surface area contributed by atoms with Crippen molar-refractivity contribution in [2.75, 3.05) is 13.7 Å². The van der Waals surface area contributed by atoms with Gasteiger partial charge < -0.3 is 9.47 Å². The molecule has 0 radical (unpaired) electrons. The van der Waals surface area contributed by atoms with Crippen LogP contribution in [0.25, 0.3) is 0 Å². The molecule has 0 heterocycles. The minimum Gasteiger partial charge on any atom is -0.493 e. The molecule has 98 valence electrons. The third-order valence-corrected chi connectivity index (χ3v) is 3.18. The van der Waals surface area contributed by atoms with Crippen LogP contribution in [0.4, 0.5) is 0 Å². The number of hydrogen-bond acceptors (Lipinski definition) is 3. The van der Waals surface area contributed by atoms with Crippen LogP contribution in [0.1, 0.15) is 36.5 Å². The molecular weight excluding hydrogens is 228 g/mol. The van der Waals surface area contributed by atoms with Gasteiger partial charge in [0.05, 0.1) is 12.2 Å². The van der Waals surface area contributed by atoms with Gasteiger partial charge in [-0.25, -0.2) is 0 Å². The third kappa shape index (κ3) is 2.91. The van der Waals surface area contributed by atoms with Gasteiger partial charge in [0, 0.05) is 7.11 Å². The lowest BCUT2D eigenvalue weighted by atomic mass is 10.0. The van der Waals surface area contributed by atoms with Gasteiger partial charge in [-0.15, -0.1) is 0 Å².